The van der Waals surface area contributed by atoms with Crippen LogP contribution in [-0.4, -0.2) is 16.4 Å². The van der Waals surface area contributed by atoms with E-state index in [4.69, 9.17) is 0 Å². The zero-order valence-corrected chi connectivity index (χ0v) is 11.9. The predicted molar refractivity (Wildman–Crippen MR) is 88.2 cm³/mol. The number of aromatic hydroxyl groups is 2. The van der Waals surface area contributed by atoms with Crippen molar-refractivity contribution in [2.45, 2.75) is 6.54 Å². The van der Waals surface area contributed by atoms with Gasteiger partial charge in [0.15, 0.2) is 0 Å². The summed E-state index contributed by atoms with van der Waals surface area (Å²) in [4.78, 5) is 0. The summed E-state index contributed by atoms with van der Waals surface area (Å²) in [5.74, 6) is 0.421. The van der Waals surface area contributed by atoms with E-state index in [0.717, 1.165) is 16.3 Å². The number of fused-ring (bicyclic) bond motifs is 1. The highest BCUT2D eigenvalue weighted by molar-refractivity contribution is 6.02. The highest BCUT2D eigenvalue weighted by atomic mass is 16.3. The van der Waals surface area contributed by atoms with Crippen LogP contribution in [0.25, 0.3) is 10.8 Å². The second-order valence-electron chi connectivity index (χ2n) is 4.94. The molecule has 0 radical (unpaired) electrons. The summed E-state index contributed by atoms with van der Waals surface area (Å²) in [7, 11) is 0. The maximum absolute atomic E-state index is 10.0. The molecule has 0 fully saturated rings. The Morgan fingerprint density at radius 1 is 0.864 bits per heavy atom. The van der Waals surface area contributed by atoms with Crippen LogP contribution in [0.15, 0.2) is 65.8 Å². The summed E-state index contributed by atoms with van der Waals surface area (Å²) in [6, 6.07) is 18.4. The van der Waals surface area contributed by atoms with Gasteiger partial charge >= 0.3 is 0 Å². The Morgan fingerprint density at radius 2 is 1.64 bits per heavy atom. The van der Waals surface area contributed by atoms with E-state index >= 15 is 0 Å². The Kier molecular flexibility index (Phi) is 3.92. The number of phenols is 2. The summed E-state index contributed by atoms with van der Waals surface area (Å²) < 4.78 is 0. The molecule has 3 aromatic carbocycles. The Hall–Kier alpha value is -3.01. The number of hydrazone groups is 1. The van der Waals surface area contributed by atoms with E-state index in [9.17, 15) is 10.2 Å². The minimum Gasteiger partial charge on any atom is -0.508 e. The van der Waals surface area contributed by atoms with Crippen molar-refractivity contribution in [3.8, 4) is 11.5 Å². The third-order valence-electron chi connectivity index (χ3n) is 3.49. The number of hydrogen-bond donors (Lipinski definition) is 3. The monoisotopic (exact) mass is 292 g/mol. The van der Waals surface area contributed by atoms with E-state index < -0.39 is 0 Å². The second kappa shape index (κ2) is 6.18. The van der Waals surface area contributed by atoms with Crippen molar-refractivity contribution in [1.29, 1.82) is 0 Å². The summed E-state index contributed by atoms with van der Waals surface area (Å²) in [5, 5.41) is 25.8. The standard InChI is InChI=1S/C18H16N2O2/c21-17-8-4-2-6-14(17)11-19-20-12-16-15-7-3-1-5-13(15)9-10-18(16)22/h1-10,12,19,21-22H,11H2. The average molecular weight is 292 g/mol. The largest absolute Gasteiger partial charge is 0.508 e. The van der Waals surface area contributed by atoms with E-state index in [-0.39, 0.29) is 11.5 Å². The van der Waals surface area contributed by atoms with Gasteiger partial charge in [-0.1, -0.05) is 48.5 Å². The van der Waals surface area contributed by atoms with Crippen LogP contribution in [0.2, 0.25) is 0 Å². The third-order valence-corrected chi connectivity index (χ3v) is 3.49. The van der Waals surface area contributed by atoms with Crippen molar-refractivity contribution in [2.24, 2.45) is 5.10 Å². The number of para-hydroxylation sites is 1. The molecule has 22 heavy (non-hydrogen) atoms. The van der Waals surface area contributed by atoms with Crippen molar-refractivity contribution >= 4 is 17.0 Å². The first-order chi connectivity index (χ1) is 10.8. The third kappa shape index (κ3) is 2.86. The van der Waals surface area contributed by atoms with Gasteiger partial charge in [0.2, 0.25) is 0 Å². The van der Waals surface area contributed by atoms with Crippen molar-refractivity contribution < 1.29 is 10.2 Å². The summed E-state index contributed by atoms with van der Waals surface area (Å²) in [6.45, 7) is 0.411. The number of nitrogens with one attached hydrogen (secondary N) is 1. The Labute approximate surface area is 128 Å². The lowest BCUT2D eigenvalue weighted by Crippen LogP contribution is -2.05. The molecule has 0 aliphatic heterocycles. The quantitative estimate of drug-likeness (QED) is 0.510. The molecule has 0 aromatic heterocycles. The van der Waals surface area contributed by atoms with Gasteiger partial charge in [0, 0.05) is 11.1 Å². The molecule has 0 saturated carbocycles. The fourth-order valence-electron chi connectivity index (χ4n) is 2.32. The van der Waals surface area contributed by atoms with Gasteiger partial charge in [-0.2, -0.15) is 5.10 Å². The van der Waals surface area contributed by atoms with Gasteiger partial charge in [-0.05, 0) is 22.9 Å². The predicted octanol–water partition coefficient (Wildman–Crippen LogP) is 3.37. The van der Waals surface area contributed by atoms with Crippen molar-refractivity contribution in [3.63, 3.8) is 0 Å². The van der Waals surface area contributed by atoms with E-state index in [1.54, 1.807) is 24.4 Å². The lowest BCUT2D eigenvalue weighted by atomic mass is 10.0. The summed E-state index contributed by atoms with van der Waals surface area (Å²) in [5.41, 5.74) is 4.32. The SMILES string of the molecule is Oc1ccccc1CNN=Cc1c(O)ccc2ccccc12. The molecule has 4 nitrogen and oxygen atoms in total. The molecule has 0 aliphatic carbocycles. The smallest absolute Gasteiger partial charge is 0.125 e. The molecular weight excluding hydrogens is 276 g/mol. The molecule has 3 rings (SSSR count). The first-order valence-electron chi connectivity index (χ1n) is 6.99. The fourth-order valence-corrected chi connectivity index (χ4v) is 2.32. The van der Waals surface area contributed by atoms with Crippen LogP contribution < -0.4 is 5.43 Å². The van der Waals surface area contributed by atoms with Crippen LogP contribution in [0.1, 0.15) is 11.1 Å². The van der Waals surface area contributed by atoms with E-state index in [0.29, 0.717) is 12.1 Å². The molecule has 0 atom stereocenters. The van der Waals surface area contributed by atoms with E-state index in [1.807, 2.05) is 42.5 Å². The number of phenolic OH excluding ortho intramolecular Hbond substituents is 2. The first-order valence-corrected chi connectivity index (χ1v) is 6.99. The van der Waals surface area contributed by atoms with Gasteiger partial charge in [-0.15, -0.1) is 0 Å². The van der Waals surface area contributed by atoms with Crippen molar-refractivity contribution in [3.05, 3.63) is 71.8 Å². The lowest BCUT2D eigenvalue weighted by Gasteiger charge is -2.06. The Bertz CT molecular complexity index is 828. The zero-order valence-electron chi connectivity index (χ0n) is 11.9. The molecule has 110 valence electrons. The zero-order chi connectivity index (χ0) is 15.4. The molecule has 3 aromatic rings. The molecule has 0 spiro atoms. The molecule has 3 N–H and O–H groups in total. The van der Waals surface area contributed by atoms with E-state index in [2.05, 4.69) is 10.5 Å². The molecule has 0 heterocycles. The van der Waals surface area contributed by atoms with Gasteiger partial charge in [-0.25, -0.2) is 0 Å². The minimum atomic E-state index is 0.187. The van der Waals surface area contributed by atoms with Crippen LogP contribution in [0.4, 0.5) is 0 Å². The van der Waals surface area contributed by atoms with Crippen LogP contribution in [-0.2, 0) is 6.54 Å². The van der Waals surface area contributed by atoms with Crippen molar-refractivity contribution in [2.75, 3.05) is 0 Å². The second-order valence-corrected chi connectivity index (χ2v) is 4.94. The lowest BCUT2D eigenvalue weighted by molar-refractivity contribution is 0.465. The van der Waals surface area contributed by atoms with Gasteiger partial charge in [0.05, 0.1) is 12.8 Å². The number of rotatable bonds is 4. The number of benzene rings is 3. The van der Waals surface area contributed by atoms with Gasteiger partial charge in [0.1, 0.15) is 11.5 Å². The van der Waals surface area contributed by atoms with Crippen LogP contribution >= 0.6 is 0 Å². The Balaban J connectivity index is 1.79. The number of hydrogen-bond acceptors (Lipinski definition) is 4. The fraction of sp³-hybridized carbons (Fsp3) is 0.0556. The number of nitrogens with zero attached hydrogens (tertiary/aromatic N) is 1. The van der Waals surface area contributed by atoms with Crippen LogP contribution in [0.3, 0.4) is 0 Å². The molecule has 0 aliphatic rings. The first kappa shape index (κ1) is 13.9. The average Bonchev–Trinajstić information content (AvgIpc) is 2.55. The van der Waals surface area contributed by atoms with Gasteiger partial charge < -0.3 is 15.6 Å². The highest BCUT2D eigenvalue weighted by Gasteiger charge is 2.04. The molecule has 0 unspecified atom stereocenters. The highest BCUT2D eigenvalue weighted by Crippen LogP contribution is 2.25. The Morgan fingerprint density at radius 3 is 2.50 bits per heavy atom. The topological polar surface area (TPSA) is 64.8 Å². The molecule has 4 heteroatoms. The molecule has 0 bridgehead atoms. The normalized spacial score (nSPS) is 11.1. The maximum atomic E-state index is 10.0. The molecular formula is C18H16N2O2. The maximum Gasteiger partial charge on any atom is 0.125 e. The van der Waals surface area contributed by atoms with Crippen LogP contribution in [0, 0.1) is 0 Å². The minimum absolute atomic E-state index is 0.187. The summed E-state index contributed by atoms with van der Waals surface area (Å²) >= 11 is 0. The van der Waals surface area contributed by atoms with E-state index in [1.165, 1.54) is 0 Å². The summed E-state index contributed by atoms with van der Waals surface area (Å²) in [6.07, 6.45) is 1.59. The van der Waals surface area contributed by atoms with Crippen molar-refractivity contribution in [1.82, 2.24) is 5.43 Å². The molecule has 0 amide bonds. The van der Waals surface area contributed by atoms with Gasteiger partial charge in [0.25, 0.3) is 0 Å². The van der Waals surface area contributed by atoms with Gasteiger partial charge in [-0.3, -0.25) is 0 Å². The molecule has 0 saturated heterocycles. The van der Waals surface area contributed by atoms with Crippen LogP contribution in [0.5, 0.6) is 11.5 Å².